The van der Waals surface area contributed by atoms with E-state index in [0.29, 0.717) is 18.5 Å². The van der Waals surface area contributed by atoms with Crippen LogP contribution in [0.4, 0.5) is 0 Å². The molecular formula is C17H30N4O. The van der Waals surface area contributed by atoms with E-state index in [9.17, 15) is 0 Å². The van der Waals surface area contributed by atoms with Crippen molar-refractivity contribution in [1.29, 1.82) is 0 Å². The zero-order valence-electron chi connectivity index (χ0n) is 14.4. The molecule has 0 saturated heterocycles. The Bertz CT molecular complexity index is 473. The molecule has 124 valence electrons. The molecule has 1 aromatic heterocycles. The van der Waals surface area contributed by atoms with E-state index in [2.05, 4.69) is 48.5 Å². The van der Waals surface area contributed by atoms with Crippen LogP contribution in [0.15, 0.2) is 15.6 Å². The van der Waals surface area contributed by atoms with Crippen LogP contribution in [0.25, 0.3) is 0 Å². The maximum Gasteiger partial charge on any atom is 0.191 e. The van der Waals surface area contributed by atoms with Crippen molar-refractivity contribution >= 4 is 5.96 Å². The van der Waals surface area contributed by atoms with E-state index in [4.69, 9.17) is 4.52 Å². The number of aromatic nitrogens is 1. The maximum absolute atomic E-state index is 5.35. The molecule has 1 fully saturated rings. The summed E-state index contributed by atoms with van der Waals surface area (Å²) in [6.07, 6.45) is 5.06. The van der Waals surface area contributed by atoms with Crippen LogP contribution < -0.4 is 10.6 Å². The molecule has 1 aromatic rings. The molecule has 1 heterocycles. The molecular weight excluding hydrogens is 276 g/mol. The molecule has 0 aliphatic heterocycles. The molecule has 5 heteroatoms. The predicted molar refractivity (Wildman–Crippen MR) is 90.0 cm³/mol. The van der Waals surface area contributed by atoms with E-state index >= 15 is 0 Å². The summed E-state index contributed by atoms with van der Waals surface area (Å²) in [5.41, 5.74) is 0.990. The second kappa shape index (κ2) is 8.20. The fourth-order valence-electron chi connectivity index (χ4n) is 2.75. The molecule has 0 bridgehead atoms. The molecule has 0 radical (unpaired) electrons. The molecule has 1 saturated carbocycles. The minimum atomic E-state index is 0.386. The fourth-order valence-corrected chi connectivity index (χ4v) is 2.75. The Kier molecular flexibility index (Phi) is 6.28. The monoisotopic (exact) mass is 306 g/mol. The lowest BCUT2D eigenvalue weighted by molar-refractivity contribution is 0.329. The lowest BCUT2D eigenvalue weighted by Gasteiger charge is -2.28. The van der Waals surface area contributed by atoms with Gasteiger partial charge in [0.05, 0.1) is 5.69 Å². The van der Waals surface area contributed by atoms with Crippen molar-refractivity contribution in [2.24, 2.45) is 10.9 Å². The first-order valence-electron chi connectivity index (χ1n) is 8.58. The number of nitrogens with zero attached hydrogens (tertiary/aromatic N) is 2. The number of hydrogen-bond donors (Lipinski definition) is 2. The Balaban J connectivity index is 1.91. The van der Waals surface area contributed by atoms with E-state index in [0.717, 1.165) is 29.9 Å². The average molecular weight is 306 g/mol. The van der Waals surface area contributed by atoms with Gasteiger partial charge in [0.1, 0.15) is 6.54 Å². The molecule has 0 unspecified atom stereocenters. The molecule has 5 nitrogen and oxygen atoms in total. The molecule has 1 aliphatic rings. The predicted octanol–water partition coefficient (Wildman–Crippen LogP) is 3.43. The van der Waals surface area contributed by atoms with Gasteiger partial charge in [-0.05, 0) is 44.4 Å². The Labute approximate surface area is 133 Å². The lowest BCUT2D eigenvalue weighted by atomic mass is 9.87. The number of aliphatic imine (C=N–C) groups is 1. The first-order chi connectivity index (χ1) is 10.6. The highest BCUT2D eigenvalue weighted by molar-refractivity contribution is 5.80. The zero-order valence-corrected chi connectivity index (χ0v) is 14.4. The summed E-state index contributed by atoms with van der Waals surface area (Å²) >= 11 is 0. The zero-order chi connectivity index (χ0) is 15.9. The Morgan fingerprint density at radius 3 is 2.68 bits per heavy atom. The molecule has 0 atom stereocenters. The summed E-state index contributed by atoms with van der Waals surface area (Å²) in [6.45, 7) is 10.0. The number of hydrogen-bond acceptors (Lipinski definition) is 3. The summed E-state index contributed by atoms with van der Waals surface area (Å²) in [4.78, 5) is 4.63. The van der Waals surface area contributed by atoms with Crippen LogP contribution in [0.3, 0.4) is 0 Å². The highest BCUT2D eigenvalue weighted by Crippen LogP contribution is 2.23. The summed E-state index contributed by atoms with van der Waals surface area (Å²) < 4.78 is 5.35. The molecule has 1 aliphatic carbocycles. The number of nitrogens with one attached hydrogen (secondary N) is 2. The fraction of sp³-hybridized carbons (Fsp3) is 0.765. The highest BCUT2D eigenvalue weighted by Gasteiger charge is 2.19. The first kappa shape index (κ1) is 16.8. The molecule has 2 rings (SSSR count). The van der Waals surface area contributed by atoms with Gasteiger partial charge in [-0.1, -0.05) is 25.9 Å². The van der Waals surface area contributed by atoms with Crippen molar-refractivity contribution < 1.29 is 4.52 Å². The van der Waals surface area contributed by atoms with Gasteiger partial charge in [0.15, 0.2) is 11.7 Å². The second-order valence-electron chi connectivity index (χ2n) is 6.67. The van der Waals surface area contributed by atoms with Crippen LogP contribution in [0, 0.1) is 5.92 Å². The summed E-state index contributed by atoms with van der Waals surface area (Å²) in [6, 6.07) is 2.54. The normalized spacial score (nSPS) is 22.9. The third-order valence-electron chi connectivity index (χ3n) is 4.26. The van der Waals surface area contributed by atoms with Gasteiger partial charge in [0.25, 0.3) is 0 Å². The van der Waals surface area contributed by atoms with Gasteiger partial charge in [-0.15, -0.1) is 0 Å². The van der Waals surface area contributed by atoms with Gasteiger partial charge in [-0.2, -0.15) is 0 Å². The van der Waals surface area contributed by atoms with E-state index in [1.165, 1.54) is 25.7 Å². The summed E-state index contributed by atoms with van der Waals surface area (Å²) in [5.74, 6) is 2.95. The van der Waals surface area contributed by atoms with Crippen LogP contribution in [0.5, 0.6) is 0 Å². The van der Waals surface area contributed by atoms with Gasteiger partial charge in [0.2, 0.25) is 0 Å². The third-order valence-corrected chi connectivity index (χ3v) is 4.26. The SMILES string of the molecule is CCNC(=NCc1cc(C(C)C)no1)NC1CCC(C)CC1. The minimum Gasteiger partial charge on any atom is -0.359 e. The standard InChI is InChI=1S/C17H30N4O/c1-5-18-17(20-14-8-6-13(4)7-9-14)19-11-15-10-16(12(2)3)21-22-15/h10,12-14H,5-9,11H2,1-4H3,(H2,18,19,20). The topological polar surface area (TPSA) is 62.5 Å². The maximum atomic E-state index is 5.35. The summed E-state index contributed by atoms with van der Waals surface area (Å²) in [5, 5.41) is 11.0. The summed E-state index contributed by atoms with van der Waals surface area (Å²) in [7, 11) is 0. The Hall–Kier alpha value is -1.52. The van der Waals surface area contributed by atoms with Gasteiger partial charge in [-0.25, -0.2) is 4.99 Å². The van der Waals surface area contributed by atoms with Crippen molar-refractivity contribution in [2.45, 2.75) is 71.9 Å². The third kappa shape index (κ3) is 5.04. The average Bonchev–Trinajstić information content (AvgIpc) is 2.96. The quantitative estimate of drug-likeness (QED) is 0.646. The highest BCUT2D eigenvalue weighted by atomic mass is 16.5. The molecule has 2 N–H and O–H groups in total. The van der Waals surface area contributed by atoms with Crippen molar-refractivity contribution in [3.63, 3.8) is 0 Å². The van der Waals surface area contributed by atoms with Gasteiger partial charge in [0, 0.05) is 18.7 Å². The number of guanidine groups is 1. The van der Waals surface area contributed by atoms with Crippen molar-refractivity contribution in [2.75, 3.05) is 6.54 Å². The van der Waals surface area contributed by atoms with E-state index in [-0.39, 0.29) is 0 Å². The number of rotatable bonds is 5. The molecule has 0 aromatic carbocycles. The van der Waals surface area contributed by atoms with Gasteiger partial charge in [-0.3, -0.25) is 0 Å². The Morgan fingerprint density at radius 2 is 2.09 bits per heavy atom. The van der Waals surface area contributed by atoms with Crippen molar-refractivity contribution in [3.8, 4) is 0 Å². The van der Waals surface area contributed by atoms with E-state index in [1.54, 1.807) is 0 Å². The van der Waals surface area contributed by atoms with Crippen LogP contribution in [0.1, 0.15) is 70.8 Å². The first-order valence-corrected chi connectivity index (χ1v) is 8.58. The van der Waals surface area contributed by atoms with Crippen LogP contribution >= 0.6 is 0 Å². The van der Waals surface area contributed by atoms with Gasteiger partial charge >= 0.3 is 0 Å². The van der Waals surface area contributed by atoms with Crippen LogP contribution in [-0.2, 0) is 6.54 Å². The van der Waals surface area contributed by atoms with Crippen LogP contribution in [-0.4, -0.2) is 23.7 Å². The van der Waals surface area contributed by atoms with Gasteiger partial charge < -0.3 is 15.2 Å². The van der Waals surface area contributed by atoms with Crippen LogP contribution in [0.2, 0.25) is 0 Å². The molecule has 0 spiro atoms. The largest absolute Gasteiger partial charge is 0.359 e. The molecule has 22 heavy (non-hydrogen) atoms. The smallest absolute Gasteiger partial charge is 0.191 e. The lowest BCUT2D eigenvalue weighted by Crippen LogP contribution is -2.44. The Morgan fingerprint density at radius 1 is 1.36 bits per heavy atom. The minimum absolute atomic E-state index is 0.386. The van der Waals surface area contributed by atoms with Crippen molar-refractivity contribution in [1.82, 2.24) is 15.8 Å². The molecule has 0 amide bonds. The van der Waals surface area contributed by atoms with Crippen molar-refractivity contribution in [3.05, 3.63) is 17.5 Å². The van der Waals surface area contributed by atoms with E-state index < -0.39 is 0 Å². The van der Waals surface area contributed by atoms with E-state index in [1.807, 2.05) is 6.07 Å². The second-order valence-corrected chi connectivity index (χ2v) is 6.67.